The fourth-order valence-electron chi connectivity index (χ4n) is 3.75. The topological polar surface area (TPSA) is 165 Å². The van der Waals surface area contributed by atoms with E-state index in [0.717, 1.165) is 15.8 Å². The van der Waals surface area contributed by atoms with Crippen LogP contribution in [0.25, 0.3) is 5.95 Å². The lowest BCUT2D eigenvalue weighted by Crippen LogP contribution is -2.27. The van der Waals surface area contributed by atoms with Crippen molar-refractivity contribution in [3.8, 4) is 17.4 Å². The molecule has 38 heavy (non-hydrogen) atoms. The van der Waals surface area contributed by atoms with Crippen LogP contribution < -0.4 is 20.9 Å². The van der Waals surface area contributed by atoms with Crippen LogP contribution in [0, 0.1) is 5.41 Å². The number of ether oxygens (including phenoxy) is 2. The number of aromatic amines is 1. The molecule has 4 N–H and O–H groups in total. The third kappa shape index (κ3) is 5.86. The molecule has 0 aliphatic heterocycles. The number of rotatable bonds is 10. The van der Waals surface area contributed by atoms with Crippen LogP contribution in [0.3, 0.4) is 0 Å². The monoisotopic (exact) mass is 516 g/mol. The Morgan fingerprint density at radius 3 is 2.47 bits per heavy atom. The lowest BCUT2D eigenvalue weighted by molar-refractivity contribution is -0.130. The summed E-state index contributed by atoms with van der Waals surface area (Å²) in [7, 11) is 4.82. The van der Waals surface area contributed by atoms with Gasteiger partial charge >= 0.3 is 5.69 Å². The summed E-state index contributed by atoms with van der Waals surface area (Å²) in [6.45, 7) is -0.135. The number of amidine groups is 1. The van der Waals surface area contributed by atoms with Gasteiger partial charge in [0, 0.05) is 38.0 Å². The molecule has 1 atom stereocenters. The highest BCUT2D eigenvalue weighted by molar-refractivity contribution is 5.94. The predicted octanol–water partition coefficient (Wildman–Crippen LogP) is 1.48. The molecule has 2 heterocycles. The van der Waals surface area contributed by atoms with Crippen molar-refractivity contribution in [2.75, 3.05) is 27.8 Å². The number of nitrogen functional groups attached to an aromatic ring is 1. The van der Waals surface area contributed by atoms with Crippen molar-refractivity contribution < 1.29 is 14.3 Å². The van der Waals surface area contributed by atoms with Crippen molar-refractivity contribution in [2.24, 2.45) is 5.73 Å². The quantitative estimate of drug-likeness (QED) is 0.211. The average molecular weight is 517 g/mol. The van der Waals surface area contributed by atoms with E-state index in [2.05, 4.69) is 20.1 Å². The van der Waals surface area contributed by atoms with Gasteiger partial charge in [-0.2, -0.15) is 0 Å². The van der Waals surface area contributed by atoms with Gasteiger partial charge in [0.15, 0.2) is 18.1 Å². The van der Waals surface area contributed by atoms with Gasteiger partial charge in [-0.1, -0.05) is 30.3 Å². The van der Waals surface area contributed by atoms with Gasteiger partial charge in [-0.15, -0.1) is 9.78 Å². The molecule has 1 amide bonds. The number of carbonyl (C=O) groups excluding carboxylic acids is 1. The van der Waals surface area contributed by atoms with E-state index >= 15 is 0 Å². The first-order chi connectivity index (χ1) is 18.3. The van der Waals surface area contributed by atoms with Gasteiger partial charge in [-0.25, -0.2) is 14.8 Å². The van der Waals surface area contributed by atoms with E-state index in [4.69, 9.17) is 20.6 Å². The van der Waals surface area contributed by atoms with Crippen LogP contribution in [0.15, 0.2) is 65.7 Å². The zero-order valence-electron chi connectivity index (χ0n) is 21.2. The fraction of sp³-hybridized carbons (Fsp3) is 0.231. The number of benzene rings is 2. The van der Waals surface area contributed by atoms with E-state index in [0.29, 0.717) is 29.3 Å². The number of aromatic nitrogens is 5. The van der Waals surface area contributed by atoms with Crippen molar-refractivity contribution in [1.82, 2.24) is 29.6 Å². The molecule has 4 aromatic rings. The number of H-pyrrole nitrogens is 1. The fourth-order valence-corrected chi connectivity index (χ4v) is 3.75. The first kappa shape index (κ1) is 26.1. The smallest absolute Gasteiger partial charge is 0.350 e. The lowest BCUT2D eigenvalue weighted by atomic mass is 9.90. The number of nitrogens with one attached hydrogen (secondary N) is 2. The molecule has 2 aromatic carbocycles. The number of likely N-dealkylation sites (N-methyl/N-ethyl adjacent to an activating group) is 1. The zero-order chi connectivity index (χ0) is 27.2. The molecule has 12 heteroatoms. The molecule has 0 bridgehead atoms. The third-order valence-corrected chi connectivity index (χ3v) is 5.85. The summed E-state index contributed by atoms with van der Waals surface area (Å²) in [5, 5.41) is 12.1. The van der Waals surface area contributed by atoms with Crippen LogP contribution in [0.2, 0.25) is 0 Å². The van der Waals surface area contributed by atoms with Crippen molar-refractivity contribution in [1.29, 1.82) is 5.41 Å². The summed E-state index contributed by atoms with van der Waals surface area (Å²) in [5.74, 6) is 0.781. The Morgan fingerprint density at radius 1 is 1.13 bits per heavy atom. The molecule has 0 saturated carbocycles. The van der Waals surface area contributed by atoms with Crippen LogP contribution in [-0.4, -0.2) is 69.2 Å². The summed E-state index contributed by atoms with van der Waals surface area (Å²) in [4.78, 5) is 37.3. The van der Waals surface area contributed by atoms with Crippen molar-refractivity contribution in [3.63, 3.8) is 0 Å². The summed E-state index contributed by atoms with van der Waals surface area (Å²) >= 11 is 0. The molecule has 196 valence electrons. The first-order valence-electron chi connectivity index (χ1n) is 11.7. The highest BCUT2D eigenvalue weighted by Gasteiger charge is 2.23. The van der Waals surface area contributed by atoms with Gasteiger partial charge < -0.3 is 20.1 Å². The first-order valence-corrected chi connectivity index (χ1v) is 11.7. The molecule has 0 spiro atoms. The second-order valence-corrected chi connectivity index (χ2v) is 8.63. The molecule has 12 nitrogen and oxygen atoms in total. The maximum Gasteiger partial charge on any atom is 0.350 e. The SMILES string of the molecule is COc1cc(C(Cc2ccc(C(=N)N)cc2)c2nn(-c3ncccn3)c(=O)[nH]2)ccc1OCC(=O)N(C)C. The summed E-state index contributed by atoms with van der Waals surface area (Å²) in [6, 6.07) is 14.3. The van der Waals surface area contributed by atoms with Gasteiger partial charge in [0.25, 0.3) is 11.9 Å². The standard InChI is InChI=1S/C26H28N8O4/c1-33(2)22(35)15-38-20-10-9-18(14-21(20)37-3)19(13-16-5-7-17(8-6-16)23(27)28)24-31-26(36)34(32-24)25-29-11-4-12-30-25/h4-12,14,19H,13,15H2,1-3H3,(H3,27,28)(H,31,32,36). The Kier molecular flexibility index (Phi) is 7.80. The Bertz CT molecular complexity index is 1480. The zero-order valence-corrected chi connectivity index (χ0v) is 21.2. The molecule has 2 aromatic heterocycles. The van der Waals surface area contributed by atoms with Gasteiger partial charge in [0.1, 0.15) is 11.7 Å². The van der Waals surface area contributed by atoms with Crippen LogP contribution in [0.1, 0.15) is 28.4 Å². The molecular formula is C26H28N8O4. The number of nitrogens with two attached hydrogens (primary N) is 1. The predicted molar refractivity (Wildman–Crippen MR) is 140 cm³/mol. The highest BCUT2D eigenvalue weighted by Crippen LogP contribution is 2.34. The number of hydrogen-bond acceptors (Lipinski definition) is 8. The van der Waals surface area contributed by atoms with Crippen molar-refractivity contribution in [2.45, 2.75) is 12.3 Å². The van der Waals surface area contributed by atoms with Crippen molar-refractivity contribution in [3.05, 3.63) is 93.9 Å². The van der Waals surface area contributed by atoms with Crippen LogP contribution in [0.5, 0.6) is 11.5 Å². The minimum absolute atomic E-state index is 0.0212. The Labute approximate surface area is 218 Å². The largest absolute Gasteiger partial charge is 0.493 e. The van der Waals surface area contributed by atoms with E-state index in [1.165, 1.54) is 24.4 Å². The number of carbonyl (C=O) groups is 1. The number of hydrogen-bond donors (Lipinski definition) is 3. The average Bonchev–Trinajstić information content (AvgIpc) is 3.32. The maximum absolute atomic E-state index is 12.8. The van der Waals surface area contributed by atoms with Crippen LogP contribution in [0.4, 0.5) is 0 Å². The number of methoxy groups -OCH3 is 1. The second kappa shape index (κ2) is 11.4. The molecule has 0 aliphatic carbocycles. The molecule has 0 saturated heterocycles. The summed E-state index contributed by atoms with van der Waals surface area (Å²) in [5.41, 5.74) is 7.46. The number of amides is 1. The molecule has 0 aliphatic rings. The maximum atomic E-state index is 12.8. The van der Waals surface area contributed by atoms with E-state index in [1.54, 1.807) is 44.4 Å². The van der Waals surface area contributed by atoms with Crippen molar-refractivity contribution >= 4 is 11.7 Å². The van der Waals surface area contributed by atoms with E-state index in [9.17, 15) is 9.59 Å². The van der Waals surface area contributed by atoms with E-state index < -0.39 is 11.6 Å². The minimum atomic E-state index is -0.475. The Morgan fingerprint density at radius 2 is 1.84 bits per heavy atom. The highest BCUT2D eigenvalue weighted by atomic mass is 16.5. The summed E-state index contributed by atoms with van der Waals surface area (Å²) < 4.78 is 12.3. The van der Waals surface area contributed by atoms with Gasteiger partial charge in [-0.05, 0) is 35.7 Å². The van der Waals surface area contributed by atoms with Gasteiger partial charge in [-0.3, -0.25) is 15.2 Å². The van der Waals surface area contributed by atoms with E-state index in [1.807, 2.05) is 18.2 Å². The normalized spacial score (nSPS) is 11.6. The van der Waals surface area contributed by atoms with Gasteiger partial charge in [0.05, 0.1) is 7.11 Å². The number of nitrogens with zero attached hydrogens (tertiary/aromatic N) is 5. The molecule has 1 unspecified atom stereocenters. The Balaban J connectivity index is 1.72. The second-order valence-electron chi connectivity index (χ2n) is 8.63. The molecular weight excluding hydrogens is 488 g/mol. The molecule has 4 rings (SSSR count). The van der Waals surface area contributed by atoms with E-state index in [-0.39, 0.29) is 24.3 Å². The minimum Gasteiger partial charge on any atom is -0.493 e. The van der Waals surface area contributed by atoms with Crippen LogP contribution >= 0.6 is 0 Å². The summed E-state index contributed by atoms with van der Waals surface area (Å²) in [6.07, 6.45) is 3.52. The molecule has 0 radical (unpaired) electrons. The van der Waals surface area contributed by atoms with Crippen LogP contribution in [-0.2, 0) is 11.2 Å². The molecule has 0 fully saturated rings. The van der Waals surface area contributed by atoms with Gasteiger partial charge in [0.2, 0.25) is 0 Å². The Hall–Kier alpha value is -5.00. The lowest BCUT2D eigenvalue weighted by Gasteiger charge is -2.18. The third-order valence-electron chi connectivity index (χ3n) is 5.85.